The molecule has 1 amide bonds. The number of carbonyl (C=O) groups excluding carboxylic acids is 2. The Kier molecular flexibility index (Phi) is 5.60. The van der Waals surface area contributed by atoms with Gasteiger partial charge in [-0.3, -0.25) is 4.79 Å². The van der Waals surface area contributed by atoms with Crippen molar-refractivity contribution in [3.05, 3.63) is 35.9 Å². The molecule has 1 aromatic rings. The van der Waals surface area contributed by atoms with Gasteiger partial charge in [-0.1, -0.05) is 18.2 Å². The third-order valence-corrected chi connectivity index (χ3v) is 2.47. The number of benzene rings is 1. The highest BCUT2D eigenvalue weighted by Gasteiger charge is 2.13. The quantitative estimate of drug-likeness (QED) is 0.644. The molecule has 1 aromatic carbocycles. The lowest BCUT2D eigenvalue weighted by Gasteiger charge is -2.09. The molecule has 0 radical (unpaired) electrons. The van der Waals surface area contributed by atoms with Gasteiger partial charge in [-0.05, 0) is 19.1 Å². The summed E-state index contributed by atoms with van der Waals surface area (Å²) in [4.78, 5) is 22.7. The van der Waals surface area contributed by atoms with Gasteiger partial charge in [-0.15, -0.1) is 0 Å². The van der Waals surface area contributed by atoms with Gasteiger partial charge >= 0.3 is 5.97 Å². The number of methoxy groups -OCH3 is 2. The highest BCUT2D eigenvalue weighted by atomic mass is 16.5. The Morgan fingerprint density at radius 3 is 2.58 bits per heavy atom. The van der Waals surface area contributed by atoms with Gasteiger partial charge in [-0.2, -0.15) is 0 Å². The van der Waals surface area contributed by atoms with Gasteiger partial charge in [0.15, 0.2) is 0 Å². The topological polar surface area (TPSA) is 64.6 Å². The van der Waals surface area contributed by atoms with Crippen LogP contribution in [0, 0.1) is 0 Å². The van der Waals surface area contributed by atoms with E-state index in [1.54, 1.807) is 26.2 Å². The summed E-state index contributed by atoms with van der Waals surface area (Å²) in [5, 5.41) is 2.50. The van der Waals surface area contributed by atoms with Crippen LogP contribution in [0.2, 0.25) is 0 Å². The fraction of sp³-hybridized carbons (Fsp3) is 0.286. The SMILES string of the molecule is COC(=O)C(C)NC(=O)C=Cc1ccccc1OC. The molecule has 0 saturated heterocycles. The Bertz CT molecular complexity index is 482. The summed E-state index contributed by atoms with van der Waals surface area (Å²) in [5.74, 6) is -0.185. The lowest BCUT2D eigenvalue weighted by atomic mass is 10.2. The monoisotopic (exact) mass is 263 g/mol. The van der Waals surface area contributed by atoms with E-state index in [0.717, 1.165) is 5.56 Å². The molecule has 0 aliphatic heterocycles. The Morgan fingerprint density at radius 1 is 1.26 bits per heavy atom. The summed E-state index contributed by atoms with van der Waals surface area (Å²) in [6, 6.07) is 6.63. The van der Waals surface area contributed by atoms with Crippen molar-refractivity contribution in [2.45, 2.75) is 13.0 Å². The van der Waals surface area contributed by atoms with Gasteiger partial charge < -0.3 is 14.8 Å². The molecule has 1 atom stereocenters. The highest BCUT2D eigenvalue weighted by Crippen LogP contribution is 2.18. The van der Waals surface area contributed by atoms with Crippen LogP contribution in [-0.2, 0) is 14.3 Å². The van der Waals surface area contributed by atoms with E-state index in [0.29, 0.717) is 5.75 Å². The summed E-state index contributed by atoms with van der Waals surface area (Å²) >= 11 is 0. The second-order valence-corrected chi connectivity index (χ2v) is 3.83. The van der Waals surface area contributed by atoms with Crippen LogP contribution in [-0.4, -0.2) is 32.1 Å². The number of carbonyl (C=O) groups is 2. The number of ether oxygens (including phenoxy) is 2. The Hall–Kier alpha value is -2.30. The Labute approximate surface area is 112 Å². The van der Waals surface area contributed by atoms with Crippen LogP contribution in [0.4, 0.5) is 0 Å². The standard InChI is InChI=1S/C14H17NO4/c1-10(14(17)19-3)15-13(16)9-8-11-6-4-5-7-12(11)18-2/h4-10H,1-3H3,(H,15,16). The van der Waals surface area contributed by atoms with Crippen molar-refractivity contribution >= 4 is 18.0 Å². The van der Waals surface area contributed by atoms with E-state index in [2.05, 4.69) is 10.1 Å². The first-order valence-corrected chi connectivity index (χ1v) is 5.78. The van der Waals surface area contributed by atoms with Gasteiger partial charge in [-0.25, -0.2) is 4.79 Å². The minimum Gasteiger partial charge on any atom is -0.496 e. The number of para-hydroxylation sites is 1. The van der Waals surface area contributed by atoms with Gasteiger partial charge in [0.1, 0.15) is 11.8 Å². The summed E-state index contributed by atoms with van der Waals surface area (Å²) < 4.78 is 9.67. The number of hydrogen-bond donors (Lipinski definition) is 1. The molecule has 0 aromatic heterocycles. The zero-order valence-corrected chi connectivity index (χ0v) is 11.2. The first kappa shape index (κ1) is 14.8. The minimum absolute atomic E-state index is 0.371. The lowest BCUT2D eigenvalue weighted by molar-refractivity contribution is -0.144. The van der Waals surface area contributed by atoms with Crippen LogP contribution >= 0.6 is 0 Å². The van der Waals surface area contributed by atoms with Crippen molar-refractivity contribution in [2.75, 3.05) is 14.2 Å². The van der Waals surface area contributed by atoms with Crippen LogP contribution in [0.5, 0.6) is 5.75 Å². The molecular formula is C14H17NO4. The first-order valence-electron chi connectivity index (χ1n) is 5.78. The summed E-state index contributed by atoms with van der Waals surface area (Å²) in [7, 11) is 2.84. The van der Waals surface area contributed by atoms with E-state index in [4.69, 9.17) is 4.74 Å². The fourth-order valence-electron chi connectivity index (χ4n) is 1.47. The van der Waals surface area contributed by atoms with Gasteiger partial charge in [0.2, 0.25) is 5.91 Å². The molecule has 0 saturated carbocycles. The largest absolute Gasteiger partial charge is 0.496 e. The third-order valence-electron chi connectivity index (χ3n) is 2.47. The third kappa shape index (κ3) is 4.46. The minimum atomic E-state index is -0.681. The maximum absolute atomic E-state index is 11.6. The molecule has 0 aliphatic rings. The predicted octanol–water partition coefficient (Wildman–Crippen LogP) is 1.39. The second-order valence-electron chi connectivity index (χ2n) is 3.83. The van der Waals surface area contributed by atoms with Gasteiger partial charge in [0.05, 0.1) is 14.2 Å². The van der Waals surface area contributed by atoms with E-state index >= 15 is 0 Å². The molecule has 5 heteroatoms. The Balaban J connectivity index is 2.66. The van der Waals surface area contributed by atoms with Crippen LogP contribution in [0.3, 0.4) is 0 Å². The zero-order chi connectivity index (χ0) is 14.3. The van der Waals surface area contributed by atoms with Crippen molar-refractivity contribution in [1.82, 2.24) is 5.32 Å². The van der Waals surface area contributed by atoms with E-state index < -0.39 is 12.0 Å². The van der Waals surface area contributed by atoms with Crippen molar-refractivity contribution in [3.63, 3.8) is 0 Å². The molecule has 0 spiro atoms. The maximum Gasteiger partial charge on any atom is 0.328 e. The Morgan fingerprint density at radius 2 is 1.95 bits per heavy atom. The average Bonchev–Trinajstić information content (AvgIpc) is 2.44. The van der Waals surface area contributed by atoms with Crippen LogP contribution in [0.1, 0.15) is 12.5 Å². The number of hydrogen-bond acceptors (Lipinski definition) is 4. The number of rotatable bonds is 5. The summed E-state index contributed by atoms with van der Waals surface area (Å²) in [6.45, 7) is 1.56. The average molecular weight is 263 g/mol. The molecule has 0 fully saturated rings. The molecule has 5 nitrogen and oxygen atoms in total. The smallest absolute Gasteiger partial charge is 0.328 e. The summed E-state index contributed by atoms with van der Waals surface area (Å²) in [6.07, 6.45) is 2.97. The van der Waals surface area contributed by atoms with Crippen LogP contribution in [0.25, 0.3) is 6.08 Å². The lowest BCUT2D eigenvalue weighted by Crippen LogP contribution is -2.38. The molecule has 0 aliphatic carbocycles. The number of esters is 1. The molecule has 0 bridgehead atoms. The molecule has 19 heavy (non-hydrogen) atoms. The van der Waals surface area contributed by atoms with Gasteiger partial charge in [0.25, 0.3) is 0 Å². The van der Waals surface area contributed by atoms with Crippen molar-refractivity contribution in [3.8, 4) is 5.75 Å². The number of nitrogens with one attached hydrogen (secondary N) is 1. The fourth-order valence-corrected chi connectivity index (χ4v) is 1.47. The molecular weight excluding hydrogens is 246 g/mol. The highest BCUT2D eigenvalue weighted by molar-refractivity contribution is 5.94. The van der Waals surface area contributed by atoms with E-state index in [1.807, 2.05) is 18.2 Å². The second kappa shape index (κ2) is 7.20. The van der Waals surface area contributed by atoms with E-state index in [-0.39, 0.29) is 5.91 Å². The zero-order valence-electron chi connectivity index (χ0n) is 11.2. The molecule has 1 N–H and O–H groups in total. The molecule has 1 unspecified atom stereocenters. The normalized spacial score (nSPS) is 11.9. The molecule has 0 heterocycles. The summed E-state index contributed by atoms with van der Waals surface area (Å²) in [5.41, 5.74) is 0.783. The molecule has 1 rings (SSSR count). The van der Waals surface area contributed by atoms with E-state index in [1.165, 1.54) is 13.2 Å². The van der Waals surface area contributed by atoms with Crippen molar-refractivity contribution in [2.24, 2.45) is 0 Å². The van der Waals surface area contributed by atoms with Crippen LogP contribution < -0.4 is 10.1 Å². The van der Waals surface area contributed by atoms with Crippen LogP contribution in [0.15, 0.2) is 30.3 Å². The number of amides is 1. The molecule has 102 valence electrons. The van der Waals surface area contributed by atoms with Gasteiger partial charge in [0, 0.05) is 11.6 Å². The van der Waals surface area contributed by atoms with E-state index in [9.17, 15) is 9.59 Å². The van der Waals surface area contributed by atoms with Crippen molar-refractivity contribution in [1.29, 1.82) is 0 Å². The van der Waals surface area contributed by atoms with Crippen molar-refractivity contribution < 1.29 is 19.1 Å². The first-order chi connectivity index (χ1) is 9.08. The maximum atomic E-state index is 11.6. The predicted molar refractivity (Wildman–Crippen MR) is 71.6 cm³/mol.